The van der Waals surface area contributed by atoms with E-state index in [0.29, 0.717) is 28.6 Å². The lowest BCUT2D eigenvalue weighted by atomic mass is 10.1. The van der Waals surface area contributed by atoms with Gasteiger partial charge in [-0.1, -0.05) is 70.0 Å². The van der Waals surface area contributed by atoms with Crippen LogP contribution in [0.15, 0.2) is 76.8 Å². The Morgan fingerprint density at radius 1 is 1.13 bits per heavy atom. The summed E-state index contributed by atoms with van der Waals surface area (Å²) >= 11 is 9.61. The van der Waals surface area contributed by atoms with Gasteiger partial charge in [-0.25, -0.2) is 0 Å². The van der Waals surface area contributed by atoms with Crippen molar-refractivity contribution in [3.8, 4) is 11.8 Å². The summed E-state index contributed by atoms with van der Waals surface area (Å²) in [4.78, 5) is 12.7. The van der Waals surface area contributed by atoms with Crippen LogP contribution >= 0.6 is 27.5 Å². The summed E-state index contributed by atoms with van der Waals surface area (Å²) in [5, 5.41) is 12.8. The number of carbonyl (C=O) groups excluding carboxylic acids is 1. The van der Waals surface area contributed by atoms with E-state index in [2.05, 4.69) is 21.2 Å². The van der Waals surface area contributed by atoms with Crippen molar-refractivity contribution in [1.82, 2.24) is 0 Å². The normalized spacial score (nSPS) is 10.9. The predicted octanol–water partition coefficient (Wildman–Crippen LogP) is 6.54. The number of amides is 1. The van der Waals surface area contributed by atoms with Crippen LogP contribution in [0.2, 0.25) is 5.02 Å². The van der Waals surface area contributed by atoms with E-state index in [9.17, 15) is 10.1 Å². The van der Waals surface area contributed by atoms with Crippen molar-refractivity contribution in [3.05, 3.63) is 98.5 Å². The molecule has 0 aromatic heterocycles. The standard InChI is InChI=1S/C24H18BrClN2O2/c1-16-21(26)10-6-11-22(16)28-24(29)19(14-27)13-17-7-3-5-12-23(17)30-15-18-8-2-4-9-20(18)25/h2-13H,15H2,1H3,(H,28,29)/b19-13+. The lowest BCUT2D eigenvalue weighted by molar-refractivity contribution is -0.112. The number of ether oxygens (including phenoxy) is 1. The predicted molar refractivity (Wildman–Crippen MR) is 123 cm³/mol. The number of benzene rings is 3. The Balaban J connectivity index is 1.82. The van der Waals surface area contributed by atoms with Gasteiger partial charge in [0.15, 0.2) is 0 Å². The Morgan fingerprint density at radius 3 is 2.63 bits per heavy atom. The van der Waals surface area contributed by atoms with E-state index < -0.39 is 5.91 Å². The largest absolute Gasteiger partial charge is 0.488 e. The highest BCUT2D eigenvalue weighted by Crippen LogP contribution is 2.26. The summed E-state index contributed by atoms with van der Waals surface area (Å²) in [6.45, 7) is 2.15. The van der Waals surface area contributed by atoms with Crippen molar-refractivity contribution >= 4 is 45.2 Å². The molecule has 0 unspecified atom stereocenters. The molecule has 1 amide bonds. The molecular weight excluding hydrogens is 464 g/mol. The molecule has 0 aliphatic rings. The van der Waals surface area contributed by atoms with Gasteiger partial charge in [0, 0.05) is 26.3 Å². The molecule has 0 saturated carbocycles. The second-order valence-electron chi connectivity index (χ2n) is 6.45. The molecule has 1 N–H and O–H groups in total. The van der Waals surface area contributed by atoms with Gasteiger partial charge in [0.2, 0.25) is 0 Å². The molecule has 0 atom stereocenters. The van der Waals surface area contributed by atoms with E-state index in [1.807, 2.05) is 42.5 Å². The van der Waals surface area contributed by atoms with Crippen molar-refractivity contribution in [2.45, 2.75) is 13.5 Å². The number of rotatable bonds is 6. The van der Waals surface area contributed by atoms with E-state index in [1.54, 1.807) is 37.3 Å². The van der Waals surface area contributed by atoms with Gasteiger partial charge in [0.25, 0.3) is 5.91 Å². The number of nitriles is 1. The Hall–Kier alpha value is -3.07. The molecule has 3 aromatic rings. The van der Waals surface area contributed by atoms with Gasteiger partial charge in [-0.05, 0) is 42.8 Å². The smallest absolute Gasteiger partial charge is 0.266 e. The average molecular weight is 482 g/mol. The Kier molecular flexibility index (Phi) is 7.29. The topological polar surface area (TPSA) is 62.1 Å². The zero-order valence-corrected chi connectivity index (χ0v) is 18.5. The molecule has 0 radical (unpaired) electrons. The van der Waals surface area contributed by atoms with Crippen LogP contribution in [0.3, 0.4) is 0 Å². The summed E-state index contributed by atoms with van der Waals surface area (Å²) in [6, 6.07) is 22.2. The highest BCUT2D eigenvalue weighted by molar-refractivity contribution is 9.10. The van der Waals surface area contributed by atoms with Crippen LogP contribution in [-0.2, 0) is 11.4 Å². The number of carbonyl (C=O) groups is 1. The fourth-order valence-electron chi connectivity index (χ4n) is 2.74. The maximum Gasteiger partial charge on any atom is 0.266 e. The molecule has 0 heterocycles. The molecule has 0 aliphatic carbocycles. The quantitative estimate of drug-likeness (QED) is 0.321. The molecular formula is C24H18BrClN2O2. The molecule has 0 bridgehead atoms. The van der Waals surface area contributed by atoms with Crippen LogP contribution in [0.25, 0.3) is 6.08 Å². The molecule has 0 aliphatic heterocycles. The highest BCUT2D eigenvalue weighted by Gasteiger charge is 2.13. The maximum atomic E-state index is 12.7. The van der Waals surface area contributed by atoms with Crippen LogP contribution in [0, 0.1) is 18.3 Å². The molecule has 6 heteroatoms. The molecule has 150 valence electrons. The molecule has 0 saturated heterocycles. The minimum atomic E-state index is -0.511. The number of hydrogen-bond donors (Lipinski definition) is 1. The van der Waals surface area contributed by atoms with Crippen molar-refractivity contribution in [1.29, 1.82) is 5.26 Å². The number of anilines is 1. The van der Waals surface area contributed by atoms with Gasteiger partial charge in [-0.3, -0.25) is 4.79 Å². The van der Waals surface area contributed by atoms with E-state index in [4.69, 9.17) is 16.3 Å². The molecule has 3 aromatic carbocycles. The molecule has 3 rings (SSSR count). The fourth-order valence-corrected chi connectivity index (χ4v) is 3.31. The third-order valence-corrected chi connectivity index (χ3v) is 5.62. The van der Waals surface area contributed by atoms with Crippen LogP contribution < -0.4 is 10.1 Å². The SMILES string of the molecule is Cc1c(Cl)cccc1NC(=O)/C(C#N)=C/c1ccccc1OCc1ccccc1Br. The summed E-state index contributed by atoms with van der Waals surface area (Å²) in [5.41, 5.74) is 2.89. The van der Waals surface area contributed by atoms with Crippen LogP contribution in [0.4, 0.5) is 5.69 Å². The third-order valence-electron chi connectivity index (χ3n) is 4.44. The summed E-state index contributed by atoms with van der Waals surface area (Å²) in [5.74, 6) is 0.0659. The number of nitrogens with zero attached hydrogens (tertiary/aromatic N) is 1. The number of hydrogen-bond acceptors (Lipinski definition) is 3. The van der Waals surface area contributed by atoms with Crippen molar-refractivity contribution in [2.75, 3.05) is 5.32 Å². The lowest BCUT2D eigenvalue weighted by Gasteiger charge is -2.11. The van der Waals surface area contributed by atoms with Crippen LogP contribution in [0.1, 0.15) is 16.7 Å². The summed E-state index contributed by atoms with van der Waals surface area (Å²) in [7, 11) is 0. The first kappa shape index (κ1) is 21.6. The van der Waals surface area contributed by atoms with Gasteiger partial charge in [0.1, 0.15) is 24.0 Å². The summed E-state index contributed by atoms with van der Waals surface area (Å²) < 4.78 is 6.90. The first-order chi connectivity index (χ1) is 14.5. The fraction of sp³-hybridized carbons (Fsp3) is 0.0833. The van der Waals surface area contributed by atoms with Crippen molar-refractivity contribution in [3.63, 3.8) is 0 Å². The van der Waals surface area contributed by atoms with Gasteiger partial charge in [-0.15, -0.1) is 0 Å². The van der Waals surface area contributed by atoms with Gasteiger partial charge in [-0.2, -0.15) is 5.26 Å². The maximum absolute atomic E-state index is 12.7. The highest BCUT2D eigenvalue weighted by atomic mass is 79.9. The molecule has 0 fully saturated rings. The second kappa shape index (κ2) is 10.1. The van der Waals surface area contributed by atoms with E-state index in [0.717, 1.165) is 15.6 Å². The summed E-state index contributed by atoms with van der Waals surface area (Å²) in [6.07, 6.45) is 1.52. The number of para-hydroxylation sites is 1. The van der Waals surface area contributed by atoms with E-state index in [-0.39, 0.29) is 5.57 Å². The van der Waals surface area contributed by atoms with Gasteiger partial charge in [0.05, 0.1) is 0 Å². The van der Waals surface area contributed by atoms with Crippen molar-refractivity contribution < 1.29 is 9.53 Å². The Labute approximate surface area is 188 Å². The average Bonchev–Trinajstić information content (AvgIpc) is 2.75. The number of nitrogens with one attached hydrogen (secondary N) is 1. The minimum Gasteiger partial charge on any atom is -0.488 e. The van der Waals surface area contributed by atoms with Gasteiger partial charge < -0.3 is 10.1 Å². The van der Waals surface area contributed by atoms with Crippen molar-refractivity contribution in [2.24, 2.45) is 0 Å². The number of halogens is 2. The van der Waals surface area contributed by atoms with Gasteiger partial charge >= 0.3 is 0 Å². The van der Waals surface area contributed by atoms with E-state index in [1.165, 1.54) is 6.08 Å². The first-order valence-corrected chi connectivity index (χ1v) is 10.3. The molecule has 30 heavy (non-hydrogen) atoms. The van der Waals surface area contributed by atoms with E-state index >= 15 is 0 Å². The second-order valence-corrected chi connectivity index (χ2v) is 7.72. The minimum absolute atomic E-state index is 0.0358. The Morgan fingerprint density at radius 2 is 1.87 bits per heavy atom. The zero-order chi connectivity index (χ0) is 21.5. The van der Waals surface area contributed by atoms with Crippen LogP contribution in [-0.4, -0.2) is 5.91 Å². The van der Waals surface area contributed by atoms with Crippen LogP contribution in [0.5, 0.6) is 5.75 Å². The first-order valence-electron chi connectivity index (χ1n) is 9.13. The Bertz CT molecular complexity index is 1150. The third kappa shape index (κ3) is 5.29. The monoisotopic (exact) mass is 480 g/mol. The molecule has 4 nitrogen and oxygen atoms in total. The molecule has 0 spiro atoms. The lowest BCUT2D eigenvalue weighted by Crippen LogP contribution is -2.14. The zero-order valence-electron chi connectivity index (χ0n) is 16.2.